The fourth-order valence-electron chi connectivity index (χ4n) is 1.58. The number of amides is 1. The minimum absolute atomic E-state index is 0.310. The van der Waals surface area contributed by atoms with Gasteiger partial charge in [-0.05, 0) is 13.1 Å². The predicted octanol–water partition coefficient (Wildman–Crippen LogP) is 1.10. The van der Waals surface area contributed by atoms with Crippen LogP contribution in [-0.4, -0.2) is 27.2 Å². The zero-order valence-electron chi connectivity index (χ0n) is 9.91. The van der Waals surface area contributed by atoms with E-state index in [1.807, 2.05) is 0 Å². The van der Waals surface area contributed by atoms with Crippen molar-refractivity contribution in [3.05, 3.63) is 22.7 Å². The van der Waals surface area contributed by atoms with Crippen LogP contribution >= 0.6 is 11.6 Å². The molecule has 6 heteroatoms. The standard InChI is InChI=1S/C11H15ClN2O3/c1-14-9(11(13)15)6-4-5-7(16-2)10(17-3)8(6)12/h4-5,9,14H,1-3H3,(H2,13,15). The number of halogens is 1. The second kappa shape index (κ2) is 5.75. The largest absolute Gasteiger partial charge is 0.493 e. The molecule has 0 aliphatic carbocycles. The van der Waals surface area contributed by atoms with Crippen molar-refractivity contribution < 1.29 is 14.3 Å². The number of likely N-dealkylation sites (N-methyl/N-ethyl adjacent to an activating group) is 1. The molecule has 0 aromatic heterocycles. The van der Waals surface area contributed by atoms with Gasteiger partial charge in [-0.25, -0.2) is 0 Å². The minimum atomic E-state index is -0.665. The molecule has 0 aliphatic heterocycles. The summed E-state index contributed by atoms with van der Waals surface area (Å²) in [6.07, 6.45) is 0. The molecule has 0 heterocycles. The third kappa shape index (κ3) is 2.62. The van der Waals surface area contributed by atoms with Crippen molar-refractivity contribution in [1.82, 2.24) is 5.32 Å². The van der Waals surface area contributed by atoms with Crippen molar-refractivity contribution in [2.24, 2.45) is 5.73 Å². The van der Waals surface area contributed by atoms with E-state index >= 15 is 0 Å². The summed E-state index contributed by atoms with van der Waals surface area (Å²) in [6.45, 7) is 0. The summed E-state index contributed by atoms with van der Waals surface area (Å²) in [4.78, 5) is 11.3. The van der Waals surface area contributed by atoms with E-state index in [1.54, 1.807) is 19.2 Å². The number of nitrogens with one attached hydrogen (secondary N) is 1. The molecule has 3 N–H and O–H groups in total. The number of carbonyl (C=O) groups excluding carboxylic acids is 1. The highest BCUT2D eigenvalue weighted by Crippen LogP contribution is 2.39. The summed E-state index contributed by atoms with van der Waals surface area (Å²) in [6, 6.07) is 2.69. The highest BCUT2D eigenvalue weighted by atomic mass is 35.5. The Morgan fingerprint density at radius 3 is 2.47 bits per heavy atom. The van der Waals surface area contributed by atoms with Gasteiger partial charge in [-0.2, -0.15) is 0 Å². The number of nitrogens with two attached hydrogens (primary N) is 1. The maximum absolute atomic E-state index is 11.3. The number of rotatable bonds is 5. The van der Waals surface area contributed by atoms with Crippen molar-refractivity contribution in [1.29, 1.82) is 0 Å². The van der Waals surface area contributed by atoms with Crippen LogP contribution < -0.4 is 20.5 Å². The number of primary amides is 1. The van der Waals surface area contributed by atoms with Crippen molar-refractivity contribution in [2.75, 3.05) is 21.3 Å². The fraction of sp³-hybridized carbons (Fsp3) is 0.364. The molecule has 0 fully saturated rings. The van der Waals surface area contributed by atoms with Crippen LogP contribution in [0.1, 0.15) is 11.6 Å². The normalized spacial score (nSPS) is 12.0. The van der Waals surface area contributed by atoms with Gasteiger partial charge in [0.1, 0.15) is 6.04 Å². The Morgan fingerprint density at radius 1 is 1.41 bits per heavy atom. The second-order valence-corrected chi connectivity index (χ2v) is 3.71. The fourth-order valence-corrected chi connectivity index (χ4v) is 1.92. The Bertz CT molecular complexity index is 423. The molecule has 0 aliphatic rings. The van der Waals surface area contributed by atoms with Crippen molar-refractivity contribution in [2.45, 2.75) is 6.04 Å². The van der Waals surface area contributed by atoms with E-state index in [0.29, 0.717) is 22.1 Å². The first-order chi connectivity index (χ1) is 8.06. The molecule has 0 saturated heterocycles. The molecule has 1 amide bonds. The van der Waals surface area contributed by atoms with Crippen LogP contribution in [0.2, 0.25) is 5.02 Å². The van der Waals surface area contributed by atoms with Gasteiger partial charge >= 0.3 is 0 Å². The van der Waals surface area contributed by atoms with Gasteiger partial charge < -0.3 is 20.5 Å². The Morgan fingerprint density at radius 2 is 2.06 bits per heavy atom. The van der Waals surface area contributed by atoms with E-state index in [1.165, 1.54) is 14.2 Å². The number of hydrogen-bond acceptors (Lipinski definition) is 4. The molecule has 0 spiro atoms. The molecule has 5 nitrogen and oxygen atoms in total. The lowest BCUT2D eigenvalue weighted by atomic mass is 10.1. The SMILES string of the molecule is CNC(C(N)=O)c1ccc(OC)c(OC)c1Cl. The van der Waals surface area contributed by atoms with E-state index < -0.39 is 11.9 Å². The smallest absolute Gasteiger partial charge is 0.239 e. The molecule has 0 saturated carbocycles. The molecular weight excluding hydrogens is 244 g/mol. The number of hydrogen-bond donors (Lipinski definition) is 2. The van der Waals surface area contributed by atoms with Gasteiger partial charge in [0.05, 0.1) is 19.2 Å². The van der Waals surface area contributed by atoms with Crippen LogP contribution in [-0.2, 0) is 4.79 Å². The first kappa shape index (κ1) is 13.6. The Labute approximate surface area is 105 Å². The third-order valence-corrected chi connectivity index (χ3v) is 2.79. The number of benzene rings is 1. The van der Waals surface area contributed by atoms with Crippen LogP contribution in [0.15, 0.2) is 12.1 Å². The van der Waals surface area contributed by atoms with Gasteiger partial charge in [0.2, 0.25) is 5.91 Å². The summed E-state index contributed by atoms with van der Waals surface area (Å²) in [7, 11) is 4.62. The summed E-state index contributed by atoms with van der Waals surface area (Å²) in [5.74, 6) is 0.371. The average molecular weight is 259 g/mol. The van der Waals surface area contributed by atoms with E-state index in [4.69, 9.17) is 26.8 Å². The van der Waals surface area contributed by atoms with Gasteiger partial charge in [-0.1, -0.05) is 17.7 Å². The predicted molar refractivity (Wildman–Crippen MR) is 65.6 cm³/mol. The highest BCUT2D eigenvalue weighted by Gasteiger charge is 2.22. The second-order valence-electron chi connectivity index (χ2n) is 3.33. The highest BCUT2D eigenvalue weighted by molar-refractivity contribution is 6.33. The molecule has 0 radical (unpaired) electrons. The number of carbonyl (C=O) groups is 1. The quantitative estimate of drug-likeness (QED) is 0.830. The Balaban J connectivity index is 3.31. The first-order valence-corrected chi connectivity index (χ1v) is 5.31. The van der Waals surface area contributed by atoms with Crippen molar-refractivity contribution >= 4 is 17.5 Å². The molecule has 1 rings (SSSR count). The van der Waals surface area contributed by atoms with Gasteiger partial charge in [0, 0.05) is 5.56 Å². The zero-order valence-corrected chi connectivity index (χ0v) is 10.7. The van der Waals surface area contributed by atoms with Gasteiger partial charge in [0.15, 0.2) is 11.5 Å². The molecule has 1 atom stereocenters. The molecule has 1 aromatic carbocycles. The van der Waals surface area contributed by atoms with E-state index in [2.05, 4.69) is 5.32 Å². The molecule has 94 valence electrons. The van der Waals surface area contributed by atoms with E-state index in [-0.39, 0.29) is 0 Å². The van der Waals surface area contributed by atoms with Gasteiger partial charge in [-0.15, -0.1) is 0 Å². The maximum Gasteiger partial charge on any atom is 0.239 e. The van der Waals surface area contributed by atoms with Gasteiger partial charge in [0.25, 0.3) is 0 Å². The summed E-state index contributed by atoms with van der Waals surface area (Å²) >= 11 is 6.16. The Hall–Kier alpha value is -1.46. The summed E-state index contributed by atoms with van der Waals surface area (Å²) in [5, 5.41) is 3.10. The monoisotopic (exact) mass is 258 g/mol. The number of methoxy groups -OCH3 is 2. The summed E-state index contributed by atoms with van der Waals surface area (Å²) in [5.41, 5.74) is 5.83. The lowest BCUT2D eigenvalue weighted by Gasteiger charge is -2.17. The van der Waals surface area contributed by atoms with Crippen molar-refractivity contribution in [3.8, 4) is 11.5 Å². The molecule has 1 unspecified atom stereocenters. The zero-order chi connectivity index (χ0) is 13.0. The lowest BCUT2D eigenvalue weighted by Crippen LogP contribution is -2.31. The first-order valence-electron chi connectivity index (χ1n) is 4.93. The maximum atomic E-state index is 11.3. The lowest BCUT2D eigenvalue weighted by molar-refractivity contribution is -0.120. The summed E-state index contributed by atoms with van der Waals surface area (Å²) < 4.78 is 10.2. The third-order valence-electron chi connectivity index (χ3n) is 2.40. The molecule has 0 bridgehead atoms. The van der Waals surface area contributed by atoms with E-state index in [0.717, 1.165) is 0 Å². The van der Waals surface area contributed by atoms with Crippen molar-refractivity contribution in [3.63, 3.8) is 0 Å². The van der Waals surface area contributed by atoms with Crippen LogP contribution in [0.4, 0.5) is 0 Å². The van der Waals surface area contributed by atoms with Crippen LogP contribution in [0, 0.1) is 0 Å². The molecule has 1 aromatic rings. The molecule has 17 heavy (non-hydrogen) atoms. The Kier molecular flexibility index (Phi) is 4.60. The van der Waals surface area contributed by atoms with E-state index in [9.17, 15) is 4.79 Å². The van der Waals surface area contributed by atoms with Crippen LogP contribution in [0.3, 0.4) is 0 Å². The number of ether oxygens (including phenoxy) is 2. The van der Waals surface area contributed by atoms with Crippen LogP contribution in [0.25, 0.3) is 0 Å². The average Bonchev–Trinajstić information content (AvgIpc) is 2.31. The van der Waals surface area contributed by atoms with Crippen LogP contribution in [0.5, 0.6) is 11.5 Å². The van der Waals surface area contributed by atoms with Gasteiger partial charge in [-0.3, -0.25) is 4.79 Å². The molecular formula is C11H15ClN2O3. The topological polar surface area (TPSA) is 73.6 Å². The minimum Gasteiger partial charge on any atom is -0.493 e.